The summed E-state index contributed by atoms with van der Waals surface area (Å²) in [4.78, 5) is 12.3. The highest BCUT2D eigenvalue weighted by molar-refractivity contribution is 5.92. The van der Waals surface area contributed by atoms with Gasteiger partial charge in [-0.3, -0.25) is 9.89 Å². The van der Waals surface area contributed by atoms with Crippen LogP contribution in [0.15, 0.2) is 18.2 Å². The van der Waals surface area contributed by atoms with E-state index in [4.69, 9.17) is 9.47 Å². The second-order valence-corrected chi connectivity index (χ2v) is 5.37. The standard InChI is InChI=1S/C16H20N4O3/c1-22-13-4-3-10(7-14(13)23-2)8-15(21)18-16-11-5-6-17-9-12(11)19-20-16/h3-4,7,17H,5-6,8-9H2,1-2H3,(H2,18,19,20,21). The Hall–Kier alpha value is -2.54. The van der Waals surface area contributed by atoms with Crippen LogP contribution >= 0.6 is 0 Å². The lowest BCUT2D eigenvalue weighted by Gasteiger charge is -2.13. The Morgan fingerprint density at radius 2 is 2.13 bits per heavy atom. The number of hydrogen-bond donors (Lipinski definition) is 3. The van der Waals surface area contributed by atoms with Crippen molar-refractivity contribution in [1.82, 2.24) is 15.5 Å². The van der Waals surface area contributed by atoms with Crippen LogP contribution in [0.1, 0.15) is 16.8 Å². The zero-order valence-electron chi connectivity index (χ0n) is 13.2. The molecule has 7 heteroatoms. The largest absolute Gasteiger partial charge is 0.493 e. The number of carbonyl (C=O) groups excluding carboxylic acids is 1. The molecule has 0 fully saturated rings. The van der Waals surface area contributed by atoms with Crippen LogP contribution < -0.4 is 20.1 Å². The van der Waals surface area contributed by atoms with Crippen molar-refractivity contribution in [3.05, 3.63) is 35.0 Å². The molecule has 1 aromatic carbocycles. The molecular formula is C16H20N4O3. The van der Waals surface area contributed by atoms with E-state index < -0.39 is 0 Å². The number of rotatable bonds is 5. The molecule has 1 amide bonds. The van der Waals surface area contributed by atoms with Gasteiger partial charge < -0.3 is 20.1 Å². The third kappa shape index (κ3) is 3.29. The lowest BCUT2D eigenvalue weighted by molar-refractivity contribution is -0.115. The second-order valence-electron chi connectivity index (χ2n) is 5.37. The molecule has 0 radical (unpaired) electrons. The number of anilines is 1. The number of ether oxygens (including phenoxy) is 2. The molecule has 3 N–H and O–H groups in total. The molecule has 2 aromatic rings. The molecule has 2 heterocycles. The van der Waals surface area contributed by atoms with Crippen LogP contribution in [0.2, 0.25) is 0 Å². The molecule has 0 saturated carbocycles. The maximum absolute atomic E-state index is 12.3. The van der Waals surface area contributed by atoms with E-state index >= 15 is 0 Å². The van der Waals surface area contributed by atoms with E-state index in [0.29, 0.717) is 17.3 Å². The summed E-state index contributed by atoms with van der Waals surface area (Å²) in [5, 5.41) is 13.3. The predicted molar refractivity (Wildman–Crippen MR) is 85.9 cm³/mol. The minimum atomic E-state index is -0.106. The van der Waals surface area contributed by atoms with Crippen LogP contribution in [0, 0.1) is 0 Å². The molecule has 0 saturated heterocycles. The van der Waals surface area contributed by atoms with E-state index in [0.717, 1.165) is 36.3 Å². The highest BCUT2D eigenvalue weighted by atomic mass is 16.5. The summed E-state index contributed by atoms with van der Waals surface area (Å²) in [6.45, 7) is 1.65. The minimum absolute atomic E-state index is 0.106. The average molecular weight is 316 g/mol. The molecule has 1 aromatic heterocycles. The van der Waals surface area contributed by atoms with Gasteiger partial charge in [0.05, 0.1) is 26.3 Å². The summed E-state index contributed by atoms with van der Waals surface area (Å²) < 4.78 is 10.5. The molecule has 0 unspecified atom stereocenters. The first kappa shape index (κ1) is 15.4. The number of aromatic amines is 1. The highest BCUT2D eigenvalue weighted by Gasteiger charge is 2.18. The zero-order valence-corrected chi connectivity index (χ0v) is 13.2. The van der Waals surface area contributed by atoms with Crippen LogP contribution in [-0.4, -0.2) is 36.9 Å². The molecule has 0 bridgehead atoms. The van der Waals surface area contributed by atoms with Crippen LogP contribution in [0.4, 0.5) is 5.82 Å². The number of aromatic nitrogens is 2. The van der Waals surface area contributed by atoms with E-state index in [1.807, 2.05) is 12.1 Å². The van der Waals surface area contributed by atoms with Crippen LogP contribution in [0.25, 0.3) is 0 Å². The molecule has 0 aliphatic carbocycles. The fraction of sp³-hybridized carbons (Fsp3) is 0.375. The second kappa shape index (κ2) is 6.70. The third-order valence-corrected chi connectivity index (χ3v) is 3.88. The Morgan fingerprint density at radius 1 is 1.30 bits per heavy atom. The van der Waals surface area contributed by atoms with Gasteiger partial charge in [-0.15, -0.1) is 0 Å². The normalized spacial score (nSPS) is 13.3. The predicted octanol–water partition coefficient (Wildman–Crippen LogP) is 1.25. The van der Waals surface area contributed by atoms with Crippen molar-refractivity contribution in [3.63, 3.8) is 0 Å². The Balaban J connectivity index is 1.69. The first-order chi connectivity index (χ1) is 11.2. The zero-order chi connectivity index (χ0) is 16.2. The van der Waals surface area contributed by atoms with Crippen molar-refractivity contribution >= 4 is 11.7 Å². The summed E-state index contributed by atoms with van der Waals surface area (Å²) in [7, 11) is 3.16. The maximum atomic E-state index is 12.3. The summed E-state index contributed by atoms with van der Waals surface area (Å²) in [6, 6.07) is 5.46. The van der Waals surface area contributed by atoms with Crippen LogP contribution in [0.3, 0.4) is 0 Å². The van der Waals surface area contributed by atoms with Crippen molar-refractivity contribution < 1.29 is 14.3 Å². The summed E-state index contributed by atoms with van der Waals surface area (Å²) in [5.41, 5.74) is 2.98. The number of methoxy groups -OCH3 is 2. The highest BCUT2D eigenvalue weighted by Crippen LogP contribution is 2.28. The maximum Gasteiger partial charge on any atom is 0.230 e. The molecule has 1 aliphatic heterocycles. The van der Waals surface area contributed by atoms with E-state index in [1.54, 1.807) is 20.3 Å². The van der Waals surface area contributed by atoms with E-state index in [-0.39, 0.29) is 12.3 Å². The van der Waals surface area contributed by atoms with Crippen LogP contribution in [-0.2, 0) is 24.2 Å². The molecule has 23 heavy (non-hydrogen) atoms. The van der Waals surface area contributed by atoms with Gasteiger partial charge in [-0.1, -0.05) is 6.07 Å². The number of fused-ring (bicyclic) bond motifs is 1. The van der Waals surface area contributed by atoms with E-state index in [2.05, 4.69) is 20.8 Å². The number of carbonyl (C=O) groups is 1. The SMILES string of the molecule is COc1ccc(CC(=O)Nc2n[nH]c3c2CCNC3)cc1OC. The average Bonchev–Trinajstić information content (AvgIpc) is 2.97. The topological polar surface area (TPSA) is 88.3 Å². The summed E-state index contributed by atoms with van der Waals surface area (Å²) in [5.74, 6) is 1.78. The van der Waals surface area contributed by atoms with E-state index in [1.165, 1.54) is 0 Å². The van der Waals surface area contributed by atoms with Crippen molar-refractivity contribution in [2.24, 2.45) is 0 Å². The van der Waals surface area contributed by atoms with Crippen molar-refractivity contribution in [2.45, 2.75) is 19.4 Å². The number of hydrogen-bond acceptors (Lipinski definition) is 5. The smallest absolute Gasteiger partial charge is 0.230 e. The number of nitrogens with zero attached hydrogens (tertiary/aromatic N) is 1. The molecule has 122 valence electrons. The lowest BCUT2D eigenvalue weighted by Crippen LogP contribution is -2.24. The molecule has 3 rings (SSSR count). The van der Waals surface area contributed by atoms with Crippen molar-refractivity contribution in [3.8, 4) is 11.5 Å². The molecule has 0 spiro atoms. The number of amides is 1. The Morgan fingerprint density at radius 3 is 2.91 bits per heavy atom. The number of nitrogens with one attached hydrogen (secondary N) is 3. The molecule has 0 atom stereocenters. The molecule has 1 aliphatic rings. The van der Waals surface area contributed by atoms with Gasteiger partial charge in [0, 0.05) is 12.1 Å². The van der Waals surface area contributed by atoms with Gasteiger partial charge in [-0.25, -0.2) is 0 Å². The van der Waals surface area contributed by atoms with Gasteiger partial charge in [-0.2, -0.15) is 5.10 Å². The fourth-order valence-corrected chi connectivity index (χ4v) is 2.70. The number of H-pyrrole nitrogens is 1. The molecular weight excluding hydrogens is 296 g/mol. The number of benzene rings is 1. The van der Waals surface area contributed by atoms with Gasteiger partial charge >= 0.3 is 0 Å². The Labute approximate surface area is 134 Å². The summed E-state index contributed by atoms with van der Waals surface area (Å²) >= 11 is 0. The van der Waals surface area contributed by atoms with Gasteiger partial charge in [0.1, 0.15) is 0 Å². The lowest BCUT2D eigenvalue weighted by atomic mass is 10.1. The Kier molecular flexibility index (Phi) is 4.47. The van der Waals surface area contributed by atoms with Gasteiger partial charge in [0.15, 0.2) is 17.3 Å². The monoisotopic (exact) mass is 316 g/mol. The summed E-state index contributed by atoms with van der Waals surface area (Å²) in [6.07, 6.45) is 1.11. The first-order valence-electron chi connectivity index (χ1n) is 7.49. The fourth-order valence-electron chi connectivity index (χ4n) is 2.70. The van der Waals surface area contributed by atoms with Crippen LogP contribution in [0.5, 0.6) is 11.5 Å². The quantitative estimate of drug-likeness (QED) is 0.773. The Bertz CT molecular complexity index is 711. The van der Waals surface area contributed by atoms with Gasteiger partial charge in [-0.05, 0) is 30.7 Å². The van der Waals surface area contributed by atoms with Crippen molar-refractivity contribution in [1.29, 1.82) is 0 Å². The van der Waals surface area contributed by atoms with Gasteiger partial charge in [0.25, 0.3) is 0 Å². The van der Waals surface area contributed by atoms with Crippen molar-refractivity contribution in [2.75, 3.05) is 26.1 Å². The molecule has 7 nitrogen and oxygen atoms in total. The third-order valence-electron chi connectivity index (χ3n) is 3.88. The van der Waals surface area contributed by atoms with E-state index in [9.17, 15) is 4.79 Å². The van der Waals surface area contributed by atoms with Gasteiger partial charge in [0.2, 0.25) is 5.91 Å². The first-order valence-corrected chi connectivity index (χ1v) is 7.49. The minimum Gasteiger partial charge on any atom is -0.493 e.